The molecule has 25 heavy (non-hydrogen) atoms. The lowest BCUT2D eigenvalue weighted by Gasteiger charge is -2.33. The van der Waals surface area contributed by atoms with Crippen LogP contribution in [0.2, 0.25) is 0 Å². The molecule has 1 saturated heterocycles. The summed E-state index contributed by atoms with van der Waals surface area (Å²) in [6.07, 6.45) is 6.54. The largest absolute Gasteiger partial charge is 0.377 e. The molecule has 0 spiro atoms. The Labute approximate surface area is 150 Å². The van der Waals surface area contributed by atoms with Crippen LogP contribution in [0.15, 0.2) is 12.4 Å². The molecule has 6 heteroatoms. The van der Waals surface area contributed by atoms with E-state index in [9.17, 15) is 0 Å². The first-order valence-corrected chi connectivity index (χ1v) is 9.36. The first-order chi connectivity index (χ1) is 12.1. The predicted molar refractivity (Wildman–Crippen MR) is 98.3 cm³/mol. The van der Waals surface area contributed by atoms with Crippen molar-refractivity contribution in [2.24, 2.45) is 5.92 Å². The van der Waals surface area contributed by atoms with Crippen molar-refractivity contribution >= 4 is 0 Å². The van der Waals surface area contributed by atoms with Gasteiger partial charge in [0.15, 0.2) is 0 Å². The summed E-state index contributed by atoms with van der Waals surface area (Å²) in [7, 11) is 1.73. The number of hydrogen-bond donors (Lipinski definition) is 0. The van der Waals surface area contributed by atoms with Crippen LogP contribution in [0.1, 0.15) is 42.5 Å². The number of imidazole rings is 1. The lowest BCUT2D eigenvalue weighted by Crippen LogP contribution is -2.37. The van der Waals surface area contributed by atoms with Gasteiger partial charge in [0, 0.05) is 56.4 Å². The number of piperidine rings is 1. The van der Waals surface area contributed by atoms with Gasteiger partial charge in [0.1, 0.15) is 12.4 Å². The second kappa shape index (κ2) is 8.15. The van der Waals surface area contributed by atoms with Crippen molar-refractivity contribution in [2.45, 2.75) is 59.9 Å². The molecule has 0 amide bonds. The van der Waals surface area contributed by atoms with Gasteiger partial charge in [-0.1, -0.05) is 0 Å². The highest BCUT2D eigenvalue weighted by molar-refractivity contribution is 5.16. The summed E-state index contributed by atoms with van der Waals surface area (Å²) >= 11 is 0. The number of aryl methyl sites for hydroxylation is 2. The molecule has 0 saturated carbocycles. The van der Waals surface area contributed by atoms with E-state index in [-0.39, 0.29) is 0 Å². The van der Waals surface area contributed by atoms with Crippen molar-refractivity contribution in [3.8, 4) is 0 Å². The molecular weight excluding hydrogens is 314 g/mol. The monoisotopic (exact) mass is 345 g/mol. The maximum atomic E-state index is 5.29. The highest BCUT2D eigenvalue weighted by atomic mass is 16.5. The van der Waals surface area contributed by atoms with Crippen LogP contribution in [-0.2, 0) is 31.0 Å². The van der Waals surface area contributed by atoms with E-state index in [2.05, 4.69) is 45.0 Å². The van der Waals surface area contributed by atoms with E-state index in [0.717, 1.165) is 32.0 Å². The lowest BCUT2D eigenvalue weighted by atomic mass is 9.97. The van der Waals surface area contributed by atoms with Gasteiger partial charge in [-0.05, 0) is 46.1 Å². The standard InChI is InChI=1S/C19H31N5O/c1-5-24-16(3)18(10-21-24)13-22-8-6-7-17(11-22)12-23-15(2)9-20-19(23)14-25-4/h9-10,17H,5-8,11-14H2,1-4H3. The van der Waals surface area contributed by atoms with Crippen LogP contribution >= 0.6 is 0 Å². The second-order valence-corrected chi connectivity index (χ2v) is 7.17. The highest BCUT2D eigenvalue weighted by Gasteiger charge is 2.23. The van der Waals surface area contributed by atoms with Gasteiger partial charge in [0.2, 0.25) is 0 Å². The second-order valence-electron chi connectivity index (χ2n) is 7.17. The Morgan fingerprint density at radius 3 is 2.84 bits per heavy atom. The SMILES string of the molecule is CCn1ncc(CN2CCCC(Cn3c(C)cnc3COC)C2)c1C. The summed E-state index contributed by atoms with van der Waals surface area (Å²) in [5, 5.41) is 4.49. The third-order valence-corrected chi connectivity index (χ3v) is 5.35. The normalized spacial score (nSPS) is 18.8. The summed E-state index contributed by atoms with van der Waals surface area (Å²) in [6, 6.07) is 0. The number of ether oxygens (including phenoxy) is 1. The minimum atomic E-state index is 0.583. The van der Waals surface area contributed by atoms with Crippen molar-refractivity contribution in [2.75, 3.05) is 20.2 Å². The molecule has 1 fully saturated rings. The van der Waals surface area contributed by atoms with Crippen LogP contribution < -0.4 is 0 Å². The molecule has 3 heterocycles. The molecule has 3 rings (SSSR count). The molecule has 138 valence electrons. The zero-order valence-corrected chi connectivity index (χ0v) is 16.0. The molecule has 6 nitrogen and oxygen atoms in total. The quantitative estimate of drug-likeness (QED) is 0.774. The first kappa shape index (κ1) is 18.1. The van der Waals surface area contributed by atoms with Crippen molar-refractivity contribution in [1.82, 2.24) is 24.2 Å². The molecule has 0 aromatic carbocycles. The third kappa shape index (κ3) is 4.12. The zero-order valence-electron chi connectivity index (χ0n) is 16.0. The van der Waals surface area contributed by atoms with E-state index >= 15 is 0 Å². The lowest BCUT2D eigenvalue weighted by molar-refractivity contribution is 0.147. The average Bonchev–Trinajstić information content (AvgIpc) is 3.13. The first-order valence-electron chi connectivity index (χ1n) is 9.36. The summed E-state index contributed by atoms with van der Waals surface area (Å²) < 4.78 is 9.71. The molecular formula is C19H31N5O. The molecule has 1 aliphatic rings. The van der Waals surface area contributed by atoms with E-state index in [0.29, 0.717) is 12.5 Å². The summed E-state index contributed by atoms with van der Waals surface area (Å²) in [5.41, 5.74) is 3.89. The molecule has 0 aliphatic carbocycles. The molecule has 0 N–H and O–H groups in total. The number of rotatable bonds is 7. The molecule has 1 unspecified atom stereocenters. The van der Waals surface area contributed by atoms with Gasteiger partial charge in [-0.25, -0.2) is 4.98 Å². The van der Waals surface area contributed by atoms with Gasteiger partial charge in [0.05, 0.1) is 6.20 Å². The summed E-state index contributed by atoms with van der Waals surface area (Å²) in [6.45, 7) is 12.3. The van der Waals surface area contributed by atoms with Gasteiger partial charge in [-0.2, -0.15) is 5.10 Å². The topological polar surface area (TPSA) is 48.1 Å². The fraction of sp³-hybridized carbons (Fsp3) is 0.684. The van der Waals surface area contributed by atoms with Crippen molar-refractivity contribution in [3.63, 3.8) is 0 Å². The smallest absolute Gasteiger partial charge is 0.134 e. The van der Waals surface area contributed by atoms with Crippen LogP contribution in [0.3, 0.4) is 0 Å². The van der Waals surface area contributed by atoms with Crippen molar-refractivity contribution in [3.05, 3.63) is 35.2 Å². The maximum Gasteiger partial charge on any atom is 0.134 e. The van der Waals surface area contributed by atoms with E-state index in [4.69, 9.17) is 4.74 Å². The number of hydrogen-bond acceptors (Lipinski definition) is 4. The van der Waals surface area contributed by atoms with E-state index in [1.807, 2.05) is 12.4 Å². The fourth-order valence-electron chi connectivity index (χ4n) is 3.91. The van der Waals surface area contributed by atoms with Gasteiger partial charge < -0.3 is 9.30 Å². The van der Waals surface area contributed by atoms with Crippen LogP contribution in [-0.4, -0.2) is 44.4 Å². The maximum absolute atomic E-state index is 5.29. The van der Waals surface area contributed by atoms with Gasteiger partial charge in [0.25, 0.3) is 0 Å². The number of aromatic nitrogens is 4. The zero-order chi connectivity index (χ0) is 17.8. The Bertz CT molecular complexity index is 690. The van der Waals surface area contributed by atoms with E-state index in [1.54, 1.807) is 7.11 Å². The Kier molecular flexibility index (Phi) is 5.91. The predicted octanol–water partition coefficient (Wildman–Crippen LogP) is 2.77. The van der Waals surface area contributed by atoms with Crippen LogP contribution in [0.4, 0.5) is 0 Å². The van der Waals surface area contributed by atoms with Crippen LogP contribution in [0.25, 0.3) is 0 Å². The van der Waals surface area contributed by atoms with Crippen LogP contribution in [0.5, 0.6) is 0 Å². The molecule has 2 aromatic rings. The molecule has 1 aliphatic heterocycles. The third-order valence-electron chi connectivity index (χ3n) is 5.35. The Morgan fingerprint density at radius 2 is 2.12 bits per heavy atom. The Hall–Kier alpha value is -1.66. The van der Waals surface area contributed by atoms with Crippen molar-refractivity contribution in [1.29, 1.82) is 0 Å². The minimum absolute atomic E-state index is 0.583. The van der Waals surface area contributed by atoms with E-state index in [1.165, 1.54) is 36.3 Å². The Balaban J connectivity index is 1.63. The number of methoxy groups -OCH3 is 1. The van der Waals surface area contributed by atoms with Gasteiger partial charge >= 0.3 is 0 Å². The molecule has 1 atom stereocenters. The van der Waals surface area contributed by atoms with Crippen LogP contribution in [0, 0.1) is 19.8 Å². The highest BCUT2D eigenvalue weighted by Crippen LogP contribution is 2.22. The minimum Gasteiger partial charge on any atom is -0.377 e. The molecule has 2 aromatic heterocycles. The van der Waals surface area contributed by atoms with Gasteiger partial charge in [-0.3, -0.25) is 9.58 Å². The Morgan fingerprint density at radius 1 is 1.28 bits per heavy atom. The number of nitrogens with zero attached hydrogens (tertiary/aromatic N) is 5. The average molecular weight is 345 g/mol. The summed E-state index contributed by atoms with van der Waals surface area (Å²) in [4.78, 5) is 7.08. The molecule has 0 radical (unpaired) electrons. The molecule has 0 bridgehead atoms. The van der Waals surface area contributed by atoms with Crippen molar-refractivity contribution < 1.29 is 4.74 Å². The fourth-order valence-corrected chi connectivity index (χ4v) is 3.91. The number of likely N-dealkylation sites (tertiary alicyclic amines) is 1. The van der Waals surface area contributed by atoms with Gasteiger partial charge in [-0.15, -0.1) is 0 Å². The summed E-state index contributed by atoms with van der Waals surface area (Å²) in [5.74, 6) is 1.70. The van der Waals surface area contributed by atoms with E-state index < -0.39 is 0 Å².